The van der Waals surface area contributed by atoms with E-state index in [-0.39, 0.29) is 23.0 Å². The van der Waals surface area contributed by atoms with Crippen molar-refractivity contribution < 1.29 is 10.2 Å². The quantitative estimate of drug-likeness (QED) is 0.690. The van der Waals surface area contributed by atoms with Crippen molar-refractivity contribution in [1.29, 1.82) is 0 Å². The number of hydrogen-bond donors (Lipinski definition) is 2. The van der Waals surface area contributed by atoms with Crippen molar-refractivity contribution in [2.45, 2.75) is 64.6 Å². The highest BCUT2D eigenvalue weighted by molar-refractivity contribution is 5.73. The Labute approximate surface area is 163 Å². The summed E-state index contributed by atoms with van der Waals surface area (Å²) in [6.45, 7) is 4.86. The summed E-state index contributed by atoms with van der Waals surface area (Å²) >= 11 is 0. The van der Waals surface area contributed by atoms with Crippen LogP contribution in [0.1, 0.15) is 57.9 Å². The van der Waals surface area contributed by atoms with Crippen molar-refractivity contribution in [2.75, 3.05) is 0 Å². The first kappa shape index (κ1) is 17.7. The Kier molecular flexibility index (Phi) is 3.97. The summed E-state index contributed by atoms with van der Waals surface area (Å²) in [5.41, 5.74) is 4.51. The van der Waals surface area contributed by atoms with E-state index in [0.717, 1.165) is 25.7 Å². The molecule has 2 fully saturated rings. The number of aliphatic hydroxyl groups is 2. The highest BCUT2D eigenvalue weighted by atomic mass is 16.3. The van der Waals surface area contributed by atoms with Gasteiger partial charge in [-0.2, -0.15) is 0 Å². The molecule has 0 aliphatic heterocycles. The molecule has 0 aromatic heterocycles. The predicted molar refractivity (Wildman–Crippen MR) is 109 cm³/mol. The molecule has 27 heavy (non-hydrogen) atoms. The van der Waals surface area contributed by atoms with Gasteiger partial charge in [0.1, 0.15) is 0 Å². The van der Waals surface area contributed by atoms with Crippen LogP contribution < -0.4 is 0 Å². The number of rotatable bonds is 1. The van der Waals surface area contributed by atoms with Gasteiger partial charge in [0.05, 0.1) is 12.2 Å². The maximum atomic E-state index is 11.2. The summed E-state index contributed by atoms with van der Waals surface area (Å²) in [6.07, 6.45) is 10.2. The molecule has 0 bridgehead atoms. The number of benzene rings is 1. The van der Waals surface area contributed by atoms with Crippen LogP contribution in [0, 0.1) is 28.6 Å². The van der Waals surface area contributed by atoms with Crippen LogP contribution in [0.3, 0.4) is 0 Å². The van der Waals surface area contributed by atoms with E-state index < -0.39 is 0 Å². The van der Waals surface area contributed by atoms with Gasteiger partial charge in [-0.3, -0.25) is 0 Å². The molecule has 144 valence electrons. The minimum absolute atomic E-state index is 0.166. The molecule has 2 saturated carbocycles. The van der Waals surface area contributed by atoms with E-state index in [1.165, 1.54) is 29.6 Å². The molecule has 0 heterocycles. The van der Waals surface area contributed by atoms with Gasteiger partial charge in [-0.05, 0) is 78.2 Å². The van der Waals surface area contributed by atoms with Gasteiger partial charge in [0.25, 0.3) is 0 Å². The Morgan fingerprint density at radius 2 is 1.67 bits per heavy atom. The fourth-order valence-electron chi connectivity index (χ4n) is 7.27. The third-order valence-electron chi connectivity index (χ3n) is 8.77. The number of allylic oxidation sites excluding steroid dienone is 2. The summed E-state index contributed by atoms with van der Waals surface area (Å²) in [7, 11) is 0. The van der Waals surface area contributed by atoms with Crippen LogP contribution in [-0.2, 0) is 0 Å². The van der Waals surface area contributed by atoms with E-state index in [4.69, 9.17) is 0 Å². The van der Waals surface area contributed by atoms with Crippen molar-refractivity contribution in [3.63, 3.8) is 0 Å². The van der Waals surface area contributed by atoms with Gasteiger partial charge in [0.15, 0.2) is 0 Å². The lowest BCUT2D eigenvalue weighted by Gasteiger charge is -2.58. The monoisotopic (exact) mass is 364 g/mol. The molecule has 0 saturated heterocycles. The van der Waals surface area contributed by atoms with Gasteiger partial charge in [0, 0.05) is 0 Å². The molecule has 5 rings (SSSR count). The van der Waals surface area contributed by atoms with Crippen molar-refractivity contribution in [3.8, 4) is 0 Å². The van der Waals surface area contributed by atoms with Gasteiger partial charge in [0.2, 0.25) is 0 Å². The van der Waals surface area contributed by atoms with Gasteiger partial charge >= 0.3 is 0 Å². The summed E-state index contributed by atoms with van der Waals surface area (Å²) in [4.78, 5) is 0. The van der Waals surface area contributed by atoms with Crippen LogP contribution in [0.4, 0.5) is 0 Å². The van der Waals surface area contributed by atoms with Crippen LogP contribution in [0.25, 0.3) is 5.57 Å². The van der Waals surface area contributed by atoms with Gasteiger partial charge in [-0.15, -0.1) is 0 Å². The second-order valence-electron chi connectivity index (χ2n) is 9.96. The largest absolute Gasteiger partial charge is 0.393 e. The molecular weight excluding hydrogens is 332 g/mol. The van der Waals surface area contributed by atoms with E-state index in [9.17, 15) is 10.2 Å². The molecule has 4 aliphatic carbocycles. The lowest BCUT2D eigenvalue weighted by Crippen LogP contribution is -2.54. The van der Waals surface area contributed by atoms with E-state index in [1.807, 2.05) is 0 Å². The standard InChI is InChI=1S/C25H32O2/c1-24-12-10-18(26)14-17(24)15-22(27)23-20-9-8-19(16-6-4-3-5-7-16)25(20,2)13-11-21(23)24/h3-8,15,18,20-23,26-27H,9-14H2,1-2H3/t18-,20-,21-,22+,23-,24-,25+/m0/s1. The topological polar surface area (TPSA) is 40.5 Å². The summed E-state index contributed by atoms with van der Waals surface area (Å²) < 4.78 is 0. The van der Waals surface area contributed by atoms with E-state index in [2.05, 4.69) is 56.3 Å². The number of fused-ring (bicyclic) bond motifs is 5. The third-order valence-corrected chi connectivity index (χ3v) is 8.77. The zero-order chi connectivity index (χ0) is 18.8. The van der Waals surface area contributed by atoms with Crippen LogP contribution >= 0.6 is 0 Å². The smallest absolute Gasteiger partial charge is 0.0757 e. The SMILES string of the molecule is C[C@]12CC[C@H](O)CC1=C[C@@H](O)[C@@H]1[C@@H]2CC[C@]2(C)C(c3ccccc3)=CC[C@@H]12. The average Bonchev–Trinajstić information content (AvgIpc) is 3.01. The van der Waals surface area contributed by atoms with Crippen molar-refractivity contribution >= 4 is 5.57 Å². The Morgan fingerprint density at radius 1 is 0.926 bits per heavy atom. The minimum Gasteiger partial charge on any atom is -0.393 e. The fourth-order valence-corrected chi connectivity index (χ4v) is 7.27. The van der Waals surface area contributed by atoms with Crippen molar-refractivity contribution in [2.24, 2.45) is 28.6 Å². The van der Waals surface area contributed by atoms with E-state index >= 15 is 0 Å². The van der Waals surface area contributed by atoms with Crippen molar-refractivity contribution in [3.05, 3.63) is 53.6 Å². The Bertz CT molecular complexity index is 794. The van der Waals surface area contributed by atoms with Crippen molar-refractivity contribution in [1.82, 2.24) is 0 Å². The molecule has 0 unspecified atom stereocenters. The molecule has 1 aromatic rings. The minimum atomic E-state index is -0.364. The van der Waals surface area contributed by atoms with Gasteiger partial charge < -0.3 is 10.2 Å². The summed E-state index contributed by atoms with van der Waals surface area (Å²) in [6, 6.07) is 10.8. The van der Waals surface area contributed by atoms with E-state index in [1.54, 1.807) is 0 Å². The molecule has 0 spiro atoms. The molecule has 2 N–H and O–H groups in total. The Balaban J connectivity index is 1.52. The first-order valence-electron chi connectivity index (χ1n) is 10.8. The van der Waals surface area contributed by atoms with Crippen LogP contribution in [0.15, 0.2) is 48.1 Å². The molecule has 4 aliphatic rings. The third kappa shape index (κ3) is 2.46. The number of hydrogen-bond acceptors (Lipinski definition) is 2. The molecule has 1 aromatic carbocycles. The van der Waals surface area contributed by atoms with Gasteiger partial charge in [-0.1, -0.05) is 61.9 Å². The summed E-state index contributed by atoms with van der Waals surface area (Å²) in [5, 5.41) is 21.3. The second kappa shape index (κ2) is 6.06. The molecule has 2 heteroatoms. The van der Waals surface area contributed by atoms with E-state index in [0.29, 0.717) is 17.8 Å². The molecule has 0 radical (unpaired) electrons. The highest BCUT2D eigenvalue weighted by Crippen LogP contribution is 2.66. The molecule has 2 nitrogen and oxygen atoms in total. The maximum absolute atomic E-state index is 11.2. The van der Waals surface area contributed by atoms with Crippen LogP contribution in [0.2, 0.25) is 0 Å². The average molecular weight is 365 g/mol. The van der Waals surface area contributed by atoms with Crippen LogP contribution in [-0.4, -0.2) is 22.4 Å². The lowest BCUT2D eigenvalue weighted by molar-refractivity contribution is -0.0731. The highest BCUT2D eigenvalue weighted by Gasteiger charge is 2.59. The molecular formula is C25H32O2. The first-order chi connectivity index (χ1) is 12.9. The first-order valence-corrected chi connectivity index (χ1v) is 10.8. The predicted octanol–water partition coefficient (Wildman–Crippen LogP) is 4.97. The number of aliphatic hydroxyl groups excluding tert-OH is 2. The van der Waals surface area contributed by atoms with Gasteiger partial charge in [-0.25, -0.2) is 0 Å². The molecule has 7 atom stereocenters. The Hall–Kier alpha value is -1.38. The zero-order valence-corrected chi connectivity index (χ0v) is 16.6. The maximum Gasteiger partial charge on any atom is 0.0757 e. The zero-order valence-electron chi connectivity index (χ0n) is 16.6. The summed E-state index contributed by atoms with van der Waals surface area (Å²) in [5.74, 6) is 1.40. The molecule has 0 amide bonds. The lowest BCUT2D eigenvalue weighted by atomic mass is 9.46. The second-order valence-corrected chi connectivity index (χ2v) is 9.96. The van der Waals surface area contributed by atoms with Crippen LogP contribution in [0.5, 0.6) is 0 Å². The Morgan fingerprint density at radius 3 is 2.44 bits per heavy atom. The normalized spacial score (nSPS) is 46.0. The fraction of sp³-hybridized carbons (Fsp3) is 0.600.